The molecule has 0 fully saturated rings. The van der Waals surface area contributed by atoms with E-state index < -0.39 is 3.79 Å². The standard InChI is InChI=1S/C3Cl4N2/c4-3(5,6)2(1-8)9-7/b9-2-. The van der Waals surface area contributed by atoms with Gasteiger partial charge >= 0.3 is 0 Å². The Balaban J connectivity index is 4.39. The summed E-state index contributed by atoms with van der Waals surface area (Å²) in [6, 6.07) is 1.51. The van der Waals surface area contributed by atoms with Gasteiger partial charge in [-0.2, -0.15) is 9.77 Å². The second-order valence-corrected chi connectivity index (χ2v) is 3.49. The molecule has 0 spiro atoms. The predicted molar refractivity (Wildman–Crippen MR) is 39.2 cm³/mol. The number of hydrogen-bond acceptors (Lipinski definition) is 2. The van der Waals surface area contributed by atoms with Crippen molar-refractivity contribution in [3.05, 3.63) is 0 Å². The molecule has 0 unspecified atom stereocenters. The van der Waals surface area contributed by atoms with Gasteiger partial charge in [-0.25, -0.2) is 0 Å². The number of halogens is 4. The van der Waals surface area contributed by atoms with E-state index in [9.17, 15) is 0 Å². The van der Waals surface area contributed by atoms with Crippen LogP contribution >= 0.6 is 46.6 Å². The fourth-order valence-corrected chi connectivity index (χ4v) is 0.678. The first-order chi connectivity index (χ1) is 4.02. The third kappa shape index (κ3) is 3.12. The molecule has 0 radical (unpaired) electrons. The van der Waals surface area contributed by atoms with Gasteiger partial charge in [0.2, 0.25) is 3.79 Å². The van der Waals surface area contributed by atoms with Crippen molar-refractivity contribution in [2.45, 2.75) is 3.79 Å². The summed E-state index contributed by atoms with van der Waals surface area (Å²) >= 11 is 20.4. The van der Waals surface area contributed by atoms with Crippen molar-refractivity contribution in [3.8, 4) is 6.07 Å². The van der Waals surface area contributed by atoms with Crippen LogP contribution in [-0.4, -0.2) is 9.50 Å². The summed E-state index contributed by atoms with van der Waals surface area (Å²) in [5, 5.41) is 8.14. The zero-order valence-corrected chi connectivity index (χ0v) is 6.93. The lowest BCUT2D eigenvalue weighted by molar-refractivity contribution is 1.49. The minimum Gasteiger partial charge on any atom is -0.191 e. The van der Waals surface area contributed by atoms with E-state index >= 15 is 0 Å². The zero-order valence-electron chi connectivity index (χ0n) is 3.91. The molecule has 6 heteroatoms. The quantitative estimate of drug-likeness (QED) is 0.442. The monoisotopic (exact) mass is 204 g/mol. The summed E-state index contributed by atoms with van der Waals surface area (Å²) in [7, 11) is 0. The molecule has 0 atom stereocenters. The molecular weight excluding hydrogens is 206 g/mol. The van der Waals surface area contributed by atoms with Crippen LogP contribution < -0.4 is 0 Å². The number of hydrogen-bond donors (Lipinski definition) is 0. The molecule has 0 N–H and O–H groups in total. The van der Waals surface area contributed by atoms with Gasteiger partial charge in [-0.05, 0) is 0 Å². The minimum absolute atomic E-state index is 0.339. The van der Waals surface area contributed by atoms with Crippen LogP contribution in [0.4, 0.5) is 0 Å². The summed E-state index contributed by atoms with van der Waals surface area (Å²) in [5.74, 6) is 0. The highest BCUT2D eigenvalue weighted by Crippen LogP contribution is 2.27. The van der Waals surface area contributed by atoms with E-state index in [0.29, 0.717) is 0 Å². The molecule has 9 heavy (non-hydrogen) atoms. The maximum Gasteiger partial charge on any atom is 0.243 e. The molecule has 0 aromatic carbocycles. The highest BCUT2D eigenvalue weighted by molar-refractivity contribution is 6.78. The molecule has 0 aromatic heterocycles. The van der Waals surface area contributed by atoms with Crippen molar-refractivity contribution in [2.24, 2.45) is 4.51 Å². The molecule has 0 saturated carbocycles. The van der Waals surface area contributed by atoms with E-state index in [1.54, 1.807) is 0 Å². The van der Waals surface area contributed by atoms with E-state index in [-0.39, 0.29) is 5.71 Å². The van der Waals surface area contributed by atoms with Crippen LogP contribution in [0.1, 0.15) is 0 Å². The Morgan fingerprint density at radius 3 is 1.89 bits per heavy atom. The topological polar surface area (TPSA) is 36.1 Å². The Hall–Kier alpha value is 0.320. The van der Waals surface area contributed by atoms with Crippen LogP contribution in [0.3, 0.4) is 0 Å². The first kappa shape index (κ1) is 9.32. The Morgan fingerprint density at radius 1 is 1.44 bits per heavy atom. The van der Waals surface area contributed by atoms with Crippen LogP contribution in [0.25, 0.3) is 0 Å². The third-order valence-corrected chi connectivity index (χ3v) is 1.16. The van der Waals surface area contributed by atoms with Gasteiger partial charge in [0.1, 0.15) is 6.07 Å². The van der Waals surface area contributed by atoms with E-state index in [4.69, 9.17) is 51.8 Å². The van der Waals surface area contributed by atoms with Crippen LogP contribution in [0, 0.1) is 11.3 Å². The molecule has 0 rings (SSSR count). The normalized spacial score (nSPS) is 13.0. The van der Waals surface area contributed by atoms with Gasteiger partial charge < -0.3 is 0 Å². The second-order valence-electron chi connectivity index (χ2n) is 1.04. The molecule has 0 bridgehead atoms. The Bertz CT molecular complexity index is 162. The summed E-state index contributed by atoms with van der Waals surface area (Å²) in [4.78, 5) is 0. The summed E-state index contributed by atoms with van der Waals surface area (Å²) in [6.07, 6.45) is 0. The number of nitriles is 1. The molecule has 0 aliphatic carbocycles. The first-order valence-corrected chi connectivity index (χ1v) is 3.16. The first-order valence-electron chi connectivity index (χ1n) is 1.68. The molecular formula is C3Cl4N2. The lowest BCUT2D eigenvalue weighted by Gasteiger charge is -2.03. The Morgan fingerprint density at radius 2 is 1.89 bits per heavy atom. The Labute approximate surface area is 72.1 Å². The van der Waals surface area contributed by atoms with Crippen LogP contribution in [0.5, 0.6) is 0 Å². The summed E-state index contributed by atoms with van der Waals surface area (Å²) in [5.41, 5.74) is -0.339. The van der Waals surface area contributed by atoms with Crippen molar-refractivity contribution in [2.75, 3.05) is 0 Å². The minimum atomic E-state index is -1.81. The van der Waals surface area contributed by atoms with Crippen LogP contribution in [-0.2, 0) is 0 Å². The molecule has 0 saturated heterocycles. The highest BCUT2D eigenvalue weighted by Gasteiger charge is 2.27. The van der Waals surface area contributed by atoms with Gasteiger partial charge in [-0.15, -0.1) is 0 Å². The summed E-state index contributed by atoms with van der Waals surface area (Å²) < 4.78 is 1.10. The number of nitrogens with zero attached hydrogens (tertiary/aromatic N) is 2. The van der Waals surface area contributed by atoms with Gasteiger partial charge in [-0.1, -0.05) is 34.8 Å². The second kappa shape index (κ2) is 3.48. The van der Waals surface area contributed by atoms with Gasteiger partial charge in [0.25, 0.3) is 0 Å². The fourth-order valence-electron chi connectivity index (χ4n) is 0.130. The van der Waals surface area contributed by atoms with Crippen molar-refractivity contribution < 1.29 is 0 Å². The number of rotatable bonds is 0. The highest BCUT2D eigenvalue weighted by atomic mass is 35.6. The molecule has 2 nitrogen and oxygen atoms in total. The third-order valence-electron chi connectivity index (χ3n) is 0.459. The van der Waals surface area contributed by atoms with Crippen molar-refractivity contribution >= 4 is 52.3 Å². The summed E-state index contributed by atoms with van der Waals surface area (Å²) in [6.45, 7) is 0. The van der Waals surface area contributed by atoms with E-state index in [1.165, 1.54) is 6.07 Å². The zero-order chi connectivity index (χ0) is 7.49. The van der Waals surface area contributed by atoms with Crippen LogP contribution in [0.15, 0.2) is 4.51 Å². The van der Waals surface area contributed by atoms with Crippen LogP contribution in [0.2, 0.25) is 0 Å². The molecule has 0 aliphatic rings. The maximum absolute atomic E-state index is 8.14. The van der Waals surface area contributed by atoms with Gasteiger partial charge in [0, 0.05) is 11.8 Å². The molecule has 0 aromatic rings. The van der Waals surface area contributed by atoms with E-state index in [0.717, 1.165) is 0 Å². The average molecular weight is 206 g/mol. The van der Waals surface area contributed by atoms with Crippen molar-refractivity contribution in [1.82, 2.24) is 0 Å². The molecule has 0 heterocycles. The SMILES string of the molecule is N#C/C(=N/Cl)C(Cl)(Cl)Cl. The largest absolute Gasteiger partial charge is 0.243 e. The van der Waals surface area contributed by atoms with E-state index in [1.807, 2.05) is 0 Å². The van der Waals surface area contributed by atoms with Gasteiger partial charge in [-0.3, -0.25) is 0 Å². The Kier molecular flexibility index (Phi) is 3.60. The molecule has 0 aliphatic heterocycles. The number of alkyl halides is 3. The predicted octanol–water partition coefficient (Wildman–Crippen LogP) is 2.47. The molecule has 0 amide bonds. The lowest BCUT2D eigenvalue weighted by atomic mass is 10.5. The van der Waals surface area contributed by atoms with Crippen molar-refractivity contribution in [1.29, 1.82) is 5.26 Å². The maximum atomic E-state index is 8.14. The lowest BCUT2D eigenvalue weighted by Crippen LogP contribution is -2.15. The van der Waals surface area contributed by atoms with Gasteiger partial charge in [0.05, 0.1) is 0 Å². The smallest absolute Gasteiger partial charge is 0.191 e. The van der Waals surface area contributed by atoms with Gasteiger partial charge in [0.15, 0.2) is 5.71 Å². The fraction of sp³-hybridized carbons (Fsp3) is 0.333. The van der Waals surface area contributed by atoms with E-state index in [2.05, 4.69) is 4.51 Å². The van der Waals surface area contributed by atoms with Crippen molar-refractivity contribution in [3.63, 3.8) is 0 Å². The molecule has 50 valence electrons. The average Bonchev–Trinajstić information content (AvgIpc) is 1.65.